The van der Waals surface area contributed by atoms with Crippen molar-refractivity contribution < 1.29 is 9.59 Å². The van der Waals surface area contributed by atoms with E-state index in [9.17, 15) is 20.1 Å². The van der Waals surface area contributed by atoms with Gasteiger partial charge in [-0.05, 0) is 36.5 Å². The summed E-state index contributed by atoms with van der Waals surface area (Å²) in [5, 5.41) is 18.7. The fourth-order valence-corrected chi connectivity index (χ4v) is 4.50. The van der Waals surface area contributed by atoms with Crippen LogP contribution < -0.4 is 10.6 Å². The molecule has 1 aromatic heterocycles. The van der Waals surface area contributed by atoms with Gasteiger partial charge in [0.1, 0.15) is 23.0 Å². The minimum atomic E-state index is -0.688. The normalized spacial score (nSPS) is 18.8. The van der Waals surface area contributed by atoms with Crippen molar-refractivity contribution >= 4 is 35.1 Å². The fourth-order valence-electron chi connectivity index (χ4n) is 3.37. The Labute approximate surface area is 165 Å². The minimum absolute atomic E-state index is 0.0175. The number of hydrogen-bond acceptors (Lipinski definition) is 7. The number of nitrogens with two attached hydrogens (primary N) is 1. The lowest BCUT2D eigenvalue weighted by atomic mass is 10.0. The third kappa shape index (κ3) is 2.98. The second-order valence-corrected chi connectivity index (χ2v) is 7.87. The second kappa shape index (κ2) is 6.99. The Morgan fingerprint density at radius 1 is 1.11 bits per heavy atom. The predicted octanol–water partition coefficient (Wildman–Crippen LogP) is 2.71. The standard InChI is InChI=1S/C20H15N5O2S/c21-9-13-17(11-6-7-11)14(10-22)19(24-18(13)23)28-15-8-16(26)25(20(15)27)12-4-2-1-3-5-12/h1-5,11,15H,6-8H2,(H2,23,24)/t15-/m0/s1. The van der Waals surface area contributed by atoms with Crippen LogP contribution in [0, 0.1) is 22.7 Å². The number of carbonyl (C=O) groups is 2. The van der Waals surface area contributed by atoms with Gasteiger partial charge in [-0.2, -0.15) is 10.5 Å². The number of thioether (sulfide) groups is 1. The first-order valence-electron chi connectivity index (χ1n) is 8.77. The summed E-state index contributed by atoms with van der Waals surface area (Å²) in [5.41, 5.74) is 7.63. The number of hydrogen-bond donors (Lipinski definition) is 1. The van der Waals surface area contributed by atoms with Crippen molar-refractivity contribution in [3.05, 3.63) is 47.0 Å². The highest BCUT2D eigenvalue weighted by Gasteiger charge is 2.41. The molecular formula is C20H15N5O2S. The zero-order chi connectivity index (χ0) is 19.8. The smallest absolute Gasteiger partial charge is 0.247 e. The highest BCUT2D eigenvalue weighted by atomic mass is 32.2. The summed E-state index contributed by atoms with van der Waals surface area (Å²) in [7, 11) is 0. The number of rotatable bonds is 4. The number of para-hydroxylation sites is 1. The molecule has 2 aromatic rings. The number of aromatic nitrogens is 1. The van der Waals surface area contributed by atoms with E-state index >= 15 is 0 Å². The SMILES string of the molecule is N#Cc1c(N)nc(S[C@H]2CC(=O)N(c3ccccc3)C2=O)c(C#N)c1C1CC1. The number of nitriles is 2. The van der Waals surface area contributed by atoms with E-state index in [1.807, 2.05) is 12.1 Å². The van der Waals surface area contributed by atoms with E-state index in [2.05, 4.69) is 11.1 Å². The molecule has 1 saturated carbocycles. The summed E-state index contributed by atoms with van der Waals surface area (Å²) < 4.78 is 0. The van der Waals surface area contributed by atoms with E-state index < -0.39 is 5.25 Å². The molecule has 4 rings (SSSR count). The number of carbonyl (C=O) groups excluding carboxylic acids is 2. The zero-order valence-corrected chi connectivity index (χ0v) is 15.6. The van der Waals surface area contributed by atoms with Gasteiger partial charge in [-0.25, -0.2) is 9.88 Å². The monoisotopic (exact) mass is 389 g/mol. The van der Waals surface area contributed by atoms with Crippen LogP contribution in [0.15, 0.2) is 35.4 Å². The van der Waals surface area contributed by atoms with Gasteiger partial charge in [0.05, 0.1) is 22.1 Å². The summed E-state index contributed by atoms with van der Waals surface area (Å²) in [6.07, 6.45) is 1.79. The van der Waals surface area contributed by atoms with Gasteiger partial charge in [0.15, 0.2) is 0 Å². The van der Waals surface area contributed by atoms with Gasteiger partial charge in [0.2, 0.25) is 11.8 Å². The van der Waals surface area contributed by atoms with Crippen molar-refractivity contribution in [2.75, 3.05) is 10.6 Å². The molecule has 0 bridgehead atoms. The highest BCUT2D eigenvalue weighted by Crippen LogP contribution is 2.46. The van der Waals surface area contributed by atoms with Gasteiger partial charge in [0.25, 0.3) is 0 Å². The Hall–Kier alpha value is -3.36. The Morgan fingerprint density at radius 2 is 1.79 bits per heavy atom. The maximum absolute atomic E-state index is 12.8. The number of anilines is 2. The molecule has 2 aliphatic rings. The fraction of sp³-hybridized carbons (Fsp3) is 0.250. The molecule has 7 nitrogen and oxygen atoms in total. The molecule has 2 fully saturated rings. The number of benzene rings is 1. The zero-order valence-electron chi connectivity index (χ0n) is 14.8. The van der Waals surface area contributed by atoms with Crippen LogP contribution in [0.1, 0.15) is 41.9 Å². The number of nitrogen functional groups attached to an aromatic ring is 1. The van der Waals surface area contributed by atoms with Crippen molar-refractivity contribution in [2.45, 2.75) is 35.5 Å². The first kappa shape index (κ1) is 18.0. The van der Waals surface area contributed by atoms with Crippen molar-refractivity contribution in [3.63, 3.8) is 0 Å². The maximum atomic E-state index is 12.8. The molecule has 1 aromatic carbocycles. The summed E-state index contributed by atoms with van der Waals surface area (Å²) in [4.78, 5) is 30.7. The van der Waals surface area contributed by atoms with Gasteiger partial charge in [-0.1, -0.05) is 30.0 Å². The second-order valence-electron chi connectivity index (χ2n) is 6.68. The Morgan fingerprint density at radius 3 is 2.39 bits per heavy atom. The van der Waals surface area contributed by atoms with Crippen molar-refractivity contribution in [1.29, 1.82) is 10.5 Å². The van der Waals surface area contributed by atoms with Gasteiger partial charge < -0.3 is 5.73 Å². The third-order valence-electron chi connectivity index (χ3n) is 4.81. The van der Waals surface area contributed by atoms with Crippen LogP contribution in [0.2, 0.25) is 0 Å². The maximum Gasteiger partial charge on any atom is 0.247 e. The lowest BCUT2D eigenvalue weighted by Gasteiger charge is -2.16. The molecule has 2 amide bonds. The molecule has 1 aliphatic carbocycles. The molecule has 1 saturated heterocycles. The summed E-state index contributed by atoms with van der Waals surface area (Å²) >= 11 is 1.07. The molecule has 2 heterocycles. The van der Waals surface area contributed by atoms with Crippen LogP contribution in [0.4, 0.5) is 11.5 Å². The Balaban J connectivity index is 1.69. The van der Waals surface area contributed by atoms with Gasteiger partial charge >= 0.3 is 0 Å². The third-order valence-corrected chi connectivity index (χ3v) is 5.98. The van der Waals surface area contributed by atoms with E-state index in [-0.39, 0.29) is 41.1 Å². The van der Waals surface area contributed by atoms with E-state index in [1.54, 1.807) is 24.3 Å². The Bertz CT molecular complexity index is 1070. The largest absolute Gasteiger partial charge is 0.383 e. The highest BCUT2D eigenvalue weighted by molar-refractivity contribution is 8.00. The van der Waals surface area contributed by atoms with Crippen LogP contribution in [-0.2, 0) is 9.59 Å². The van der Waals surface area contributed by atoms with E-state index in [4.69, 9.17) is 5.73 Å². The van der Waals surface area contributed by atoms with Crippen molar-refractivity contribution in [3.8, 4) is 12.1 Å². The van der Waals surface area contributed by atoms with E-state index in [1.165, 1.54) is 4.90 Å². The molecule has 2 N–H and O–H groups in total. The molecule has 138 valence electrons. The molecule has 0 spiro atoms. The average molecular weight is 389 g/mol. The summed E-state index contributed by atoms with van der Waals surface area (Å²) in [6.45, 7) is 0. The van der Waals surface area contributed by atoms with Gasteiger partial charge in [-0.3, -0.25) is 9.59 Å². The predicted molar refractivity (Wildman–Crippen MR) is 103 cm³/mol. The first-order valence-corrected chi connectivity index (χ1v) is 9.65. The summed E-state index contributed by atoms with van der Waals surface area (Å²) in [6, 6.07) is 12.9. The molecule has 0 radical (unpaired) electrons. The van der Waals surface area contributed by atoms with Crippen LogP contribution in [-0.4, -0.2) is 22.0 Å². The molecule has 0 unspecified atom stereocenters. The summed E-state index contributed by atoms with van der Waals surface area (Å²) in [5.74, 6) is -0.461. The van der Waals surface area contributed by atoms with Gasteiger partial charge in [-0.15, -0.1) is 0 Å². The molecule has 1 atom stereocenters. The Kier molecular flexibility index (Phi) is 4.50. The lowest BCUT2D eigenvalue weighted by Crippen LogP contribution is -2.31. The van der Waals surface area contributed by atoms with Crippen LogP contribution in [0.3, 0.4) is 0 Å². The quantitative estimate of drug-likeness (QED) is 0.797. The van der Waals surface area contributed by atoms with Crippen LogP contribution in [0.25, 0.3) is 0 Å². The molecule has 28 heavy (non-hydrogen) atoms. The molecule has 8 heteroatoms. The number of pyridine rings is 1. The van der Waals surface area contributed by atoms with Gasteiger partial charge in [0, 0.05) is 6.42 Å². The average Bonchev–Trinajstić information content (AvgIpc) is 3.48. The number of amides is 2. The molecular weight excluding hydrogens is 374 g/mol. The number of nitrogens with zero attached hydrogens (tertiary/aromatic N) is 4. The van der Waals surface area contributed by atoms with Crippen LogP contribution in [0.5, 0.6) is 0 Å². The topological polar surface area (TPSA) is 124 Å². The molecule has 1 aliphatic heterocycles. The number of imide groups is 1. The van der Waals surface area contributed by atoms with Crippen LogP contribution >= 0.6 is 11.8 Å². The minimum Gasteiger partial charge on any atom is -0.383 e. The van der Waals surface area contributed by atoms with E-state index in [0.717, 1.165) is 24.6 Å². The first-order chi connectivity index (χ1) is 13.5. The van der Waals surface area contributed by atoms with E-state index in [0.29, 0.717) is 16.3 Å². The lowest BCUT2D eigenvalue weighted by molar-refractivity contribution is -0.121. The van der Waals surface area contributed by atoms with Crippen molar-refractivity contribution in [2.24, 2.45) is 0 Å². The van der Waals surface area contributed by atoms with Crippen molar-refractivity contribution in [1.82, 2.24) is 4.98 Å².